The van der Waals surface area contributed by atoms with Gasteiger partial charge in [0.2, 0.25) is 0 Å². The second-order valence-corrected chi connectivity index (χ2v) is 6.14. The van der Waals surface area contributed by atoms with E-state index in [4.69, 9.17) is 37.8 Å². The van der Waals surface area contributed by atoms with Crippen molar-refractivity contribution in [2.75, 3.05) is 18.5 Å². The molecular formula is C18H17Cl2NO5. The van der Waals surface area contributed by atoms with E-state index < -0.39 is 12.1 Å². The van der Waals surface area contributed by atoms with Crippen LogP contribution in [0.4, 0.5) is 10.5 Å². The maximum absolute atomic E-state index is 12.1. The predicted octanol–water partition coefficient (Wildman–Crippen LogP) is 4.53. The molecule has 8 heteroatoms. The summed E-state index contributed by atoms with van der Waals surface area (Å²) in [7, 11) is 0. The van der Waals surface area contributed by atoms with Crippen molar-refractivity contribution in [1.82, 2.24) is 0 Å². The number of rotatable bonds is 7. The van der Waals surface area contributed by atoms with Crippen LogP contribution in [0.2, 0.25) is 10.0 Å². The number of esters is 1. The van der Waals surface area contributed by atoms with E-state index in [1.165, 1.54) is 30.3 Å². The summed E-state index contributed by atoms with van der Waals surface area (Å²) >= 11 is 11.7. The van der Waals surface area contributed by atoms with Gasteiger partial charge < -0.3 is 14.6 Å². The van der Waals surface area contributed by atoms with Crippen molar-refractivity contribution in [3.8, 4) is 5.75 Å². The van der Waals surface area contributed by atoms with Crippen LogP contribution in [0, 0.1) is 0 Å². The molecule has 6 nitrogen and oxygen atoms in total. The molecule has 138 valence electrons. The number of aliphatic hydroxyl groups excluding tert-OH is 1. The molecule has 0 aliphatic rings. The Morgan fingerprint density at radius 2 is 1.65 bits per heavy atom. The number of aliphatic hydroxyl groups is 1. The van der Waals surface area contributed by atoms with E-state index >= 15 is 0 Å². The molecule has 0 saturated carbocycles. The summed E-state index contributed by atoms with van der Waals surface area (Å²) in [5.74, 6) is -0.345. The van der Waals surface area contributed by atoms with E-state index in [9.17, 15) is 9.59 Å². The lowest BCUT2D eigenvalue weighted by Gasteiger charge is -2.08. The fourth-order valence-electron chi connectivity index (χ4n) is 1.98. The van der Waals surface area contributed by atoms with Crippen molar-refractivity contribution in [3.05, 3.63) is 58.1 Å². The molecule has 0 unspecified atom stereocenters. The third kappa shape index (κ3) is 6.55. The maximum atomic E-state index is 12.1. The summed E-state index contributed by atoms with van der Waals surface area (Å²) in [6, 6.07) is 10.6. The van der Waals surface area contributed by atoms with Crippen molar-refractivity contribution >= 4 is 41.0 Å². The molecule has 2 aromatic carbocycles. The minimum absolute atomic E-state index is 0.0595. The average molecular weight is 398 g/mol. The lowest BCUT2D eigenvalue weighted by Crippen LogP contribution is -2.15. The monoisotopic (exact) mass is 397 g/mol. The lowest BCUT2D eigenvalue weighted by atomic mass is 10.2. The van der Waals surface area contributed by atoms with E-state index in [0.717, 1.165) is 0 Å². The van der Waals surface area contributed by atoms with Gasteiger partial charge in [0.05, 0.1) is 12.2 Å². The number of ether oxygens (including phenoxy) is 2. The highest BCUT2D eigenvalue weighted by molar-refractivity contribution is 6.34. The molecule has 0 bridgehead atoms. The van der Waals surface area contributed by atoms with Gasteiger partial charge in [0, 0.05) is 22.3 Å². The van der Waals surface area contributed by atoms with Gasteiger partial charge in [-0.3, -0.25) is 5.32 Å². The highest BCUT2D eigenvalue weighted by atomic mass is 35.5. The van der Waals surface area contributed by atoms with E-state index in [1.54, 1.807) is 12.1 Å². The van der Waals surface area contributed by atoms with Crippen LogP contribution in [0.25, 0.3) is 0 Å². The summed E-state index contributed by atoms with van der Waals surface area (Å²) in [5.41, 5.74) is 0.766. The van der Waals surface area contributed by atoms with E-state index in [-0.39, 0.29) is 19.0 Å². The Morgan fingerprint density at radius 1 is 1.00 bits per heavy atom. The number of carbonyl (C=O) groups is 2. The van der Waals surface area contributed by atoms with Crippen LogP contribution in [-0.4, -0.2) is 30.4 Å². The second kappa shape index (κ2) is 10.0. The molecule has 0 radical (unpaired) electrons. The van der Waals surface area contributed by atoms with E-state index in [0.29, 0.717) is 34.1 Å². The van der Waals surface area contributed by atoms with Crippen molar-refractivity contribution in [2.45, 2.75) is 12.8 Å². The molecule has 2 rings (SSSR count). The number of anilines is 1. The molecule has 0 saturated heterocycles. The first kappa shape index (κ1) is 20.0. The largest absolute Gasteiger partial charge is 0.449 e. The normalized spacial score (nSPS) is 10.3. The Kier molecular flexibility index (Phi) is 7.72. The van der Waals surface area contributed by atoms with Gasteiger partial charge in [0.15, 0.2) is 0 Å². The fourth-order valence-corrected chi connectivity index (χ4v) is 2.48. The topological polar surface area (TPSA) is 84.9 Å². The van der Waals surface area contributed by atoms with Crippen LogP contribution in [0.5, 0.6) is 5.75 Å². The number of nitrogens with one attached hydrogen (secondary N) is 1. The first-order valence-corrected chi connectivity index (χ1v) is 8.56. The number of unbranched alkanes of at least 4 members (excludes halogenated alkanes) is 1. The molecule has 2 N–H and O–H groups in total. The predicted molar refractivity (Wildman–Crippen MR) is 99.2 cm³/mol. The van der Waals surface area contributed by atoms with Crippen LogP contribution in [0.1, 0.15) is 23.2 Å². The van der Waals surface area contributed by atoms with Crippen LogP contribution in [-0.2, 0) is 4.74 Å². The first-order valence-electron chi connectivity index (χ1n) is 7.81. The zero-order chi connectivity index (χ0) is 18.9. The number of amides is 1. The molecular weight excluding hydrogens is 381 g/mol. The van der Waals surface area contributed by atoms with Gasteiger partial charge in [-0.05, 0) is 55.3 Å². The molecule has 1 amide bonds. The number of hydrogen-bond acceptors (Lipinski definition) is 5. The summed E-state index contributed by atoms with van der Waals surface area (Å²) in [5, 5.41) is 11.9. The van der Waals surface area contributed by atoms with Crippen LogP contribution >= 0.6 is 23.2 Å². The number of benzene rings is 2. The molecule has 0 aliphatic carbocycles. The summed E-state index contributed by atoms with van der Waals surface area (Å²) < 4.78 is 10.2. The fraction of sp³-hybridized carbons (Fsp3) is 0.222. The summed E-state index contributed by atoms with van der Waals surface area (Å²) in [6.07, 6.45) is 0.552. The van der Waals surface area contributed by atoms with Crippen molar-refractivity contribution in [1.29, 1.82) is 0 Å². The van der Waals surface area contributed by atoms with Gasteiger partial charge in [0.1, 0.15) is 5.75 Å². The Balaban J connectivity index is 1.89. The maximum Gasteiger partial charge on any atom is 0.411 e. The van der Waals surface area contributed by atoms with Crippen LogP contribution < -0.4 is 10.1 Å². The number of carbonyl (C=O) groups excluding carboxylic acids is 2. The molecule has 0 heterocycles. The number of halogens is 2. The number of hydrogen-bond donors (Lipinski definition) is 2. The van der Waals surface area contributed by atoms with Gasteiger partial charge in [-0.1, -0.05) is 23.2 Å². The molecule has 26 heavy (non-hydrogen) atoms. The van der Waals surface area contributed by atoms with Crippen molar-refractivity contribution in [3.63, 3.8) is 0 Å². The van der Waals surface area contributed by atoms with Crippen LogP contribution in [0.3, 0.4) is 0 Å². The molecule has 0 spiro atoms. The second-order valence-electron chi connectivity index (χ2n) is 5.26. The van der Waals surface area contributed by atoms with Crippen molar-refractivity contribution in [2.24, 2.45) is 0 Å². The Morgan fingerprint density at radius 3 is 2.27 bits per heavy atom. The Hall–Kier alpha value is -2.28. The molecule has 0 atom stereocenters. The van der Waals surface area contributed by atoms with Gasteiger partial charge in [0.25, 0.3) is 0 Å². The first-order chi connectivity index (χ1) is 12.5. The molecule has 0 fully saturated rings. The van der Waals surface area contributed by atoms with Gasteiger partial charge in [-0.15, -0.1) is 0 Å². The zero-order valence-corrected chi connectivity index (χ0v) is 15.2. The summed E-state index contributed by atoms with van der Waals surface area (Å²) in [6.45, 7) is 0.281. The van der Waals surface area contributed by atoms with Gasteiger partial charge in [-0.25, -0.2) is 9.59 Å². The van der Waals surface area contributed by atoms with Crippen molar-refractivity contribution < 1.29 is 24.2 Å². The minimum Gasteiger partial charge on any atom is -0.449 e. The molecule has 2 aromatic rings. The standard InChI is InChI=1S/C18H17Cl2NO5/c19-13-9-14(20)11-16(10-13)26-17(23)12-3-5-15(6-4-12)21-18(24)25-8-2-1-7-22/h3-6,9-11,22H,1-2,7-8H2,(H,21,24). The quantitative estimate of drug-likeness (QED) is 0.407. The highest BCUT2D eigenvalue weighted by Crippen LogP contribution is 2.25. The van der Waals surface area contributed by atoms with Crippen LogP contribution in [0.15, 0.2) is 42.5 Å². The third-order valence-corrected chi connectivity index (χ3v) is 3.64. The Labute approximate surface area is 160 Å². The van der Waals surface area contributed by atoms with Gasteiger partial charge >= 0.3 is 12.1 Å². The van der Waals surface area contributed by atoms with Gasteiger partial charge in [-0.2, -0.15) is 0 Å². The lowest BCUT2D eigenvalue weighted by molar-refractivity contribution is 0.0735. The average Bonchev–Trinajstić information content (AvgIpc) is 2.58. The molecule has 0 aromatic heterocycles. The third-order valence-electron chi connectivity index (χ3n) is 3.20. The zero-order valence-electron chi connectivity index (χ0n) is 13.7. The minimum atomic E-state index is -0.605. The molecule has 0 aliphatic heterocycles. The van der Waals surface area contributed by atoms with E-state index in [2.05, 4.69) is 5.32 Å². The summed E-state index contributed by atoms with van der Waals surface area (Å²) in [4.78, 5) is 23.7. The highest BCUT2D eigenvalue weighted by Gasteiger charge is 2.11. The Bertz CT molecular complexity index is 744. The smallest absolute Gasteiger partial charge is 0.411 e. The SMILES string of the molecule is O=C(Nc1ccc(C(=O)Oc2cc(Cl)cc(Cl)c2)cc1)OCCCCO. The van der Waals surface area contributed by atoms with E-state index in [1.807, 2.05) is 0 Å².